The lowest BCUT2D eigenvalue weighted by atomic mass is 10.1. The van der Waals surface area contributed by atoms with Gasteiger partial charge in [0, 0.05) is 36.0 Å². The average molecular weight is 368 g/mol. The predicted octanol–water partition coefficient (Wildman–Crippen LogP) is 3.76. The molecule has 8 nitrogen and oxygen atoms in total. The van der Waals surface area contributed by atoms with Crippen molar-refractivity contribution < 1.29 is 18.6 Å². The van der Waals surface area contributed by atoms with E-state index in [4.69, 9.17) is 9.26 Å². The van der Waals surface area contributed by atoms with Crippen molar-refractivity contribution in [2.24, 2.45) is 0 Å². The molecule has 2 heterocycles. The van der Waals surface area contributed by atoms with Gasteiger partial charge in [-0.15, -0.1) is 0 Å². The number of benzene rings is 2. The Balaban J connectivity index is 1.73. The van der Waals surface area contributed by atoms with Gasteiger partial charge in [-0.05, 0) is 30.3 Å². The van der Waals surface area contributed by atoms with Gasteiger partial charge in [0.05, 0.1) is 10.5 Å². The van der Waals surface area contributed by atoms with E-state index in [0.29, 0.717) is 28.1 Å². The van der Waals surface area contributed by atoms with Crippen molar-refractivity contribution in [3.8, 4) is 17.2 Å². The van der Waals surface area contributed by atoms with Crippen molar-refractivity contribution in [1.29, 1.82) is 0 Å². The minimum atomic E-state index is -0.497. The number of hydrogen-bond acceptors (Lipinski definition) is 7. The zero-order valence-electron chi connectivity index (χ0n) is 14.1. The second-order valence-electron chi connectivity index (χ2n) is 5.80. The van der Waals surface area contributed by atoms with Gasteiger partial charge in [0.2, 0.25) is 5.82 Å². The molecule has 1 aliphatic rings. The van der Waals surface area contributed by atoms with Crippen LogP contribution in [0.5, 0.6) is 5.75 Å². The number of rotatable bonds is 4. The molecule has 0 atom stereocenters. The summed E-state index contributed by atoms with van der Waals surface area (Å²) in [4.78, 5) is 14.9. The van der Waals surface area contributed by atoms with Crippen molar-refractivity contribution in [1.82, 2.24) is 10.1 Å². The van der Waals surface area contributed by atoms with Gasteiger partial charge >= 0.3 is 0 Å². The van der Waals surface area contributed by atoms with Gasteiger partial charge in [-0.2, -0.15) is 4.98 Å². The molecule has 0 saturated carbocycles. The Kier molecular flexibility index (Phi) is 4.03. The molecular formula is C18H13FN4O4. The van der Waals surface area contributed by atoms with Crippen molar-refractivity contribution in [3.63, 3.8) is 0 Å². The van der Waals surface area contributed by atoms with Gasteiger partial charge in [0.15, 0.2) is 0 Å². The highest BCUT2D eigenvalue weighted by Crippen LogP contribution is 2.33. The number of fused-ring (bicyclic) bond motifs is 1. The normalized spacial score (nSPS) is 12.7. The molecule has 0 unspecified atom stereocenters. The lowest BCUT2D eigenvalue weighted by Gasteiger charge is -2.15. The number of nitro benzene ring substituents is 1. The summed E-state index contributed by atoms with van der Waals surface area (Å²) >= 11 is 0. The lowest BCUT2D eigenvalue weighted by molar-refractivity contribution is -0.384. The number of aromatic nitrogens is 2. The molecule has 136 valence electrons. The molecule has 0 radical (unpaired) electrons. The Morgan fingerprint density at radius 3 is 2.89 bits per heavy atom. The highest BCUT2D eigenvalue weighted by molar-refractivity contribution is 5.84. The molecule has 9 heteroatoms. The number of hydrogen-bond donors (Lipinski definition) is 1. The van der Waals surface area contributed by atoms with Crippen LogP contribution in [0.25, 0.3) is 23.1 Å². The standard InChI is InChI=1S/C18H13FN4O4/c1-20-15-4-3-13(23(24)25)8-14(15)18-21-17(22-27-18)11-6-10-7-12(19)2-5-16(10)26-9-11/h2-8,20H,9H2,1H3. The van der Waals surface area contributed by atoms with Crippen LogP contribution in [0.3, 0.4) is 0 Å². The lowest BCUT2D eigenvalue weighted by Crippen LogP contribution is -2.07. The van der Waals surface area contributed by atoms with Gasteiger partial charge in [0.1, 0.15) is 18.2 Å². The highest BCUT2D eigenvalue weighted by atomic mass is 19.1. The summed E-state index contributed by atoms with van der Waals surface area (Å²) in [5, 5.41) is 17.9. The number of anilines is 1. The quantitative estimate of drug-likeness (QED) is 0.552. The number of nitrogens with zero attached hydrogens (tertiary/aromatic N) is 3. The van der Waals surface area contributed by atoms with Crippen LogP contribution in [-0.2, 0) is 0 Å². The number of nitro groups is 1. The van der Waals surface area contributed by atoms with Crippen molar-refractivity contribution in [2.75, 3.05) is 19.0 Å². The molecular weight excluding hydrogens is 355 g/mol. The maximum atomic E-state index is 13.4. The van der Waals surface area contributed by atoms with Gasteiger partial charge in [-0.25, -0.2) is 4.39 Å². The van der Waals surface area contributed by atoms with Gasteiger partial charge in [0.25, 0.3) is 11.6 Å². The van der Waals surface area contributed by atoms with E-state index in [9.17, 15) is 14.5 Å². The first kappa shape index (κ1) is 16.7. The fraction of sp³-hybridized carbons (Fsp3) is 0.111. The van der Waals surface area contributed by atoms with Crippen LogP contribution >= 0.6 is 0 Å². The van der Waals surface area contributed by atoms with Gasteiger partial charge in [-0.3, -0.25) is 10.1 Å². The van der Waals surface area contributed by atoms with Crippen LogP contribution in [-0.4, -0.2) is 28.7 Å². The molecule has 1 N–H and O–H groups in total. The molecule has 0 saturated heterocycles. The number of non-ortho nitro benzene ring substituents is 1. The molecule has 0 amide bonds. The first-order valence-corrected chi connectivity index (χ1v) is 7.99. The number of halogens is 1. The Labute approximate surface area is 152 Å². The topological polar surface area (TPSA) is 103 Å². The summed E-state index contributed by atoms with van der Waals surface area (Å²) in [6.45, 7) is 0.200. The summed E-state index contributed by atoms with van der Waals surface area (Å²) in [6, 6.07) is 8.55. The minimum absolute atomic E-state index is 0.0895. The molecule has 1 aliphatic heterocycles. The number of ether oxygens (including phenoxy) is 1. The van der Waals surface area contributed by atoms with E-state index < -0.39 is 4.92 Å². The van der Waals surface area contributed by atoms with Crippen LogP contribution in [0, 0.1) is 15.9 Å². The zero-order chi connectivity index (χ0) is 19.0. The predicted molar refractivity (Wildman–Crippen MR) is 95.7 cm³/mol. The fourth-order valence-corrected chi connectivity index (χ4v) is 2.78. The molecule has 0 aliphatic carbocycles. The molecule has 2 aromatic carbocycles. The third-order valence-electron chi connectivity index (χ3n) is 4.11. The van der Waals surface area contributed by atoms with Crippen LogP contribution in [0.2, 0.25) is 0 Å². The first-order valence-electron chi connectivity index (χ1n) is 7.99. The Hall–Kier alpha value is -3.75. The van der Waals surface area contributed by atoms with E-state index in [1.54, 1.807) is 25.3 Å². The average Bonchev–Trinajstić information content (AvgIpc) is 3.16. The molecule has 1 aromatic heterocycles. The van der Waals surface area contributed by atoms with Crippen LogP contribution < -0.4 is 10.1 Å². The van der Waals surface area contributed by atoms with E-state index in [-0.39, 0.29) is 29.8 Å². The second kappa shape index (κ2) is 6.52. The largest absolute Gasteiger partial charge is 0.488 e. The van der Waals surface area contributed by atoms with Crippen LogP contribution in [0.4, 0.5) is 15.8 Å². The summed E-state index contributed by atoms with van der Waals surface area (Å²) in [6.07, 6.45) is 1.73. The Morgan fingerprint density at radius 2 is 2.11 bits per heavy atom. The fourth-order valence-electron chi connectivity index (χ4n) is 2.78. The monoisotopic (exact) mass is 368 g/mol. The highest BCUT2D eigenvalue weighted by Gasteiger charge is 2.21. The summed E-state index contributed by atoms with van der Waals surface area (Å²) in [5.41, 5.74) is 2.12. The van der Waals surface area contributed by atoms with Crippen molar-refractivity contribution in [3.05, 3.63) is 63.7 Å². The molecule has 3 aromatic rings. The maximum Gasteiger partial charge on any atom is 0.270 e. The Morgan fingerprint density at radius 1 is 1.26 bits per heavy atom. The summed E-state index contributed by atoms with van der Waals surface area (Å²) in [7, 11) is 1.69. The third-order valence-corrected chi connectivity index (χ3v) is 4.11. The second-order valence-corrected chi connectivity index (χ2v) is 5.80. The van der Waals surface area contributed by atoms with Gasteiger partial charge < -0.3 is 14.6 Å². The van der Waals surface area contributed by atoms with E-state index in [1.165, 1.54) is 24.3 Å². The van der Waals surface area contributed by atoms with Gasteiger partial charge in [-0.1, -0.05) is 5.16 Å². The molecule has 0 spiro atoms. The van der Waals surface area contributed by atoms with Crippen LogP contribution in [0.1, 0.15) is 11.4 Å². The van der Waals surface area contributed by atoms with E-state index in [1.807, 2.05) is 0 Å². The minimum Gasteiger partial charge on any atom is -0.488 e. The number of nitrogens with one attached hydrogen (secondary N) is 1. The van der Waals surface area contributed by atoms with E-state index >= 15 is 0 Å². The van der Waals surface area contributed by atoms with Crippen molar-refractivity contribution >= 4 is 23.0 Å². The SMILES string of the molecule is CNc1ccc([N+](=O)[O-])cc1-c1nc(C2=Cc3cc(F)ccc3OC2)no1. The summed E-state index contributed by atoms with van der Waals surface area (Å²) < 4.78 is 24.3. The van der Waals surface area contributed by atoms with E-state index in [2.05, 4.69) is 15.5 Å². The van der Waals surface area contributed by atoms with Crippen molar-refractivity contribution in [2.45, 2.75) is 0 Å². The maximum absolute atomic E-state index is 13.4. The molecule has 4 rings (SSSR count). The smallest absolute Gasteiger partial charge is 0.270 e. The molecule has 27 heavy (non-hydrogen) atoms. The molecule has 0 fully saturated rings. The van der Waals surface area contributed by atoms with E-state index in [0.717, 1.165) is 0 Å². The first-order chi connectivity index (χ1) is 13.0. The molecule has 0 bridgehead atoms. The zero-order valence-corrected chi connectivity index (χ0v) is 14.1. The van der Waals surface area contributed by atoms with Crippen LogP contribution in [0.15, 0.2) is 40.9 Å². The Bertz CT molecular complexity index is 1080. The summed E-state index contributed by atoms with van der Waals surface area (Å²) in [5.74, 6) is 0.594. The third kappa shape index (κ3) is 3.10.